The van der Waals surface area contributed by atoms with Crippen LogP contribution in [0.3, 0.4) is 0 Å². The Bertz CT molecular complexity index is 586. The maximum Gasteiger partial charge on any atom is 0.226 e. The highest BCUT2D eigenvalue weighted by atomic mass is 79.9. The number of nitrogens with zero attached hydrogens (tertiary/aromatic N) is 1. The van der Waals surface area contributed by atoms with Crippen LogP contribution in [0.15, 0.2) is 59.1 Å². The second-order valence-corrected chi connectivity index (χ2v) is 5.64. The summed E-state index contributed by atoms with van der Waals surface area (Å²) >= 11 is 3.40. The van der Waals surface area contributed by atoms with Crippen molar-refractivity contribution in [1.82, 2.24) is 0 Å². The number of hydrogen-bond acceptors (Lipinski definition) is 2. The largest absolute Gasteiger partial charge is 0.371 e. The summed E-state index contributed by atoms with van der Waals surface area (Å²) in [5, 5.41) is 2.92. The molecule has 0 atom stereocenters. The van der Waals surface area contributed by atoms with E-state index in [0.29, 0.717) is 13.0 Å². The van der Waals surface area contributed by atoms with Crippen LogP contribution in [0.25, 0.3) is 0 Å². The monoisotopic (exact) mass is 346 g/mol. The van der Waals surface area contributed by atoms with E-state index in [9.17, 15) is 4.79 Å². The highest BCUT2D eigenvalue weighted by molar-refractivity contribution is 9.10. The van der Waals surface area contributed by atoms with Crippen LogP contribution in [0.2, 0.25) is 0 Å². The first-order valence-electron chi connectivity index (χ1n) is 7.04. The Hall–Kier alpha value is -1.81. The van der Waals surface area contributed by atoms with E-state index in [1.807, 2.05) is 42.5 Å². The Morgan fingerprint density at radius 3 is 2.57 bits per heavy atom. The Labute approximate surface area is 134 Å². The van der Waals surface area contributed by atoms with Crippen molar-refractivity contribution in [2.45, 2.75) is 13.3 Å². The summed E-state index contributed by atoms with van der Waals surface area (Å²) in [6.07, 6.45) is 0.468. The molecule has 0 saturated carbocycles. The van der Waals surface area contributed by atoms with Gasteiger partial charge in [0.15, 0.2) is 0 Å². The summed E-state index contributed by atoms with van der Waals surface area (Å²) in [6, 6.07) is 17.8. The van der Waals surface area contributed by atoms with Crippen LogP contribution in [-0.2, 0) is 4.79 Å². The molecule has 21 heavy (non-hydrogen) atoms. The minimum absolute atomic E-state index is 0.0301. The van der Waals surface area contributed by atoms with Gasteiger partial charge in [0.1, 0.15) is 0 Å². The van der Waals surface area contributed by atoms with E-state index in [1.54, 1.807) is 0 Å². The molecule has 0 aliphatic rings. The van der Waals surface area contributed by atoms with E-state index in [-0.39, 0.29) is 5.91 Å². The third-order valence-corrected chi connectivity index (χ3v) is 3.71. The summed E-state index contributed by atoms with van der Waals surface area (Å²) in [6.45, 7) is 3.69. The summed E-state index contributed by atoms with van der Waals surface area (Å²) < 4.78 is 0.958. The number of para-hydroxylation sites is 1. The second-order valence-electron chi connectivity index (χ2n) is 4.72. The smallest absolute Gasteiger partial charge is 0.226 e. The predicted octanol–water partition coefficient (Wildman–Crippen LogP) is 4.30. The zero-order valence-electron chi connectivity index (χ0n) is 12.1. The van der Waals surface area contributed by atoms with Crippen molar-refractivity contribution in [3.63, 3.8) is 0 Å². The van der Waals surface area contributed by atoms with Crippen LogP contribution >= 0.6 is 15.9 Å². The first kappa shape index (κ1) is 15.6. The Morgan fingerprint density at radius 1 is 1.14 bits per heavy atom. The lowest BCUT2D eigenvalue weighted by atomic mass is 10.2. The van der Waals surface area contributed by atoms with E-state index in [0.717, 1.165) is 22.4 Å². The normalized spacial score (nSPS) is 10.2. The number of halogens is 1. The molecule has 2 aromatic carbocycles. The predicted molar refractivity (Wildman–Crippen MR) is 91.7 cm³/mol. The molecule has 0 radical (unpaired) electrons. The molecule has 0 bridgehead atoms. The van der Waals surface area contributed by atoms with Gasteiger partial charge in [-0.25, -0.2) is 0 Å². The van der Waals surface area contributed by atoms with Crippen LogP contribution in [0, 0.1) is 0 Å². The minimum Gasteiger partial charge on any atom is -0.371 e. The van der Waals surface area contributed by atoms with Gasteiger partial charge in [-0.15, -0.1) is 0 Å². The Balaban J connectivity index is 1.88. The van der Waals surface area contributed by atoms with Gasteiger partial charge in [-0.05, 0) is 37.3 Å². The molecule has 0 fully saturated rings. The van der Waals surface area contributed by atoms with Crippen LogP contribution in [-0.4, -0.2) is 19.0 Å². The van der Waals surface area contributed by atoms with Crippen molar-refractivity contribution >= 4 is 33.2 Å². The first-order valence-corrected chi connectivity index (χ1v) is 7.83. The van der Waals surface area contributed by atoms with Crippen LogP contribution in [0.1, 0.15) is 13.3 Å². The van der Waals surface area contributed by atoms with Crippen molar-refractivity contribution in [1.29, 1.82) is 0 Å². The molecule has 0 unspecified atom stereocenters. The van der Waals surface area contributed by atoms with Crippen LogP contribution in [0.5, 0.6) is 0 Å². The molecule has 0 aliphatic heterocycles. The maximum atomic E-state index is 12.0. The molecule has 2 rings (SSSR count). The number of hydrogen-bond donors (Lipinski definition) is 1. The summed E-state index contributed by atoms with van der Waals surface area (Å²) in [4.78, 5) is 14.2. The number of carbonyl (C=O) groups is 1. The van der Waals surface area contributed by atoms with Gasteiger partial charge in [0.05, 0.1) is 0 Å². The number of carbonyl (C=O) groups excluding carboxylic acids is 1. The van der Waals surface area contributed by atoms with Gasteiger partial charge in [0.25, 0.3) is 0 Å². The van der Waals surface area contributed by atoms with Crippen molar-refractivity contribution in [3.05, 3.63) is 59.1 Å². The van der Waals surface area contributed by atoms with Crippen molar-refractivity contribution in [2.75, 3.05) is 23.3 Å². The van der Waals surface area contributed by atoms with Gasteiger partial charge in [0, 0.05) is 35.4 Å². The lowest BCUT2D eigenvalue weighted by Gasteiger charge is -2.22. The highest BCUT2D eigenvalue weighted by Crippen LogP contribution is 2.16. The van der Waals surface area contributed by atoms with Crippen molar-refractivity contribution in [2.24, 2.45) is 0 Å². The van der Waals surface area contributed by atoms with Gasteiger partial charge in [0.2, 0.25) is 5.91 Å². The summed E-state index contributed by atoms with van der Waals surface area (Å²) in [7, 11) is 0. The third kappa shape index (κ3) is 4.90. The van der Waals surface area contributed by atoms with Crippen LogP contribution < -0.4 is 10.2 Å². The van der Waals surface area contributed by atoms with E-state index >= 15 is 0 Å². The summed E-state index contributed by atoms with van der Waals surface area (Å²) in [5.74, 6) is 0.0301. The number of rotatable bonds is 6. The van der Waals surface area contributed by atoms with Gasteiger partial charge >= 0.3 is 0 Å². The second kappa shape index (κ2) is 7.84. The molecule has 4 heteroatoms. The Morgan fingerprint density at radius 2 is 1.90 bits per heavy atom. The number of anilines is 2. The molecule has 0 aliphatic carbocycles. The number of benzene rings is 2. The molecule has 110 valence electrons. The molecular weight excluding hydrogens is 328 g/mol. The fourth-order valence-corrected chi connectivity index (χ4v) is 2.53. The van der Waals surface area contributed by atoms with Gasteiger partial charge in [-0.3, -0.25) is 4.79 Å². The molecule has 3 nitrogen and oxygen atoms in total. The SMILES string of the molecule is CCN(CCC(=O)Nc1cccc(Br)c1)c1ccccc1. The quantitative estimate of drug-likeness (QED) is 0.845. The van der Waals surface area contributed by atoms with E-state index in [4.69, 9.17) is 0 Å². The van der Waals surface area contributed by atoms with Crippen molar-refractivity contribution in [3.8, 4) is 0 Å². The van der Waals surface area contributed by atoms with Gasteiger partial charge < -0.3 is 10.2 Å². The average molecular weight is 347 g/mol. The lowest BCUT2D eigenvalue weighted by Crippen LogP contribution is -2.27. The van der Waals surface area contributed by atoms with Crippen LogP contribution in [0.4, 0.5) is 11.4 Å². The Kier molecular flexibility index (Phi) is 5.81. The standard InChI is InChI=1S/C17H19BrN2O/c1-2-20(16-9-4-3-5-10-16)12-11-17(21)19-15-8-6-7-14(18)13-15/h3-10,13H,2,11-12H2,1H3,(H,19,21). The zero-order chi connectivity index (χ0) is 15.1. The zero-order valence-corrected chi connectivity index (χ0v) is 13.6. The maximum absolute atomic E-state index is 12.0. The van der Waals surface area contributed by atoms with E-state index in [1.165, 1.54) is 0 Å². The highest BCUT2D eigenvalue weighted by Gasteiger charge is 2.08. The molecular formula is C17H19BrN2O. The van der Waals surface area contributed by atoms with Crippen molar-refractivity contribution < 1.29 is 4.79 Å². The molecule has 0 heterocycles. The van der Waals surface area contributed by atoms with Gasteiger partial charge in [-0.2, -0.15) is 0 Å². The molecule has 0 spiro atoms. The lowest BCUT2D eigenvalue weighted by molar-refractivity contribution is -0.116. The minimum atomic E-state index is 0.0301. The number of nitrogens with one attached hydrogen (secondary N) is 1. The summed E-state index contributed by atoms with van der Waals surface area (Å²) in [5.41, 5.74) is 1.97. The molecule has 2 aromatic rings. The van der Waals surface area contributed by atoms with E-state index in [2.05, 4.69) is 45.2 Å². The fraction of sp³-hybridized carbons (Fsp3) is 0.235. The van der Waals surface area contributed by atoms with E-state index < -0.39 is 0 Å². The van der Waals surface area contributed by atoms with Gasteiger partial charge in [-0.1, -0.05) is 40.2 Å². The fourth-order valence-electron chi connectivity index (χ4n) is 2.13. The molecule has 0 aromatic heterocycles. The first-order chi connectivity index (χ1) is 10.2. The number of amides is 1. The topological polar surface area (TPSA) is 32.3 Å². The molecule has 0 saturated heterocycles. The third-order valence-electron chi connectivity index (χ3n) is 3.22. The molecule has 1 N–H and O–H groups in total. The molecule has 1 amide bonds. The average Bonchev–Trinajstić information content (AvgIpc) is 2.49.